The Labute approximate surface area is 185 Å². The Balaban J connectivity index is 1.74. The molecule has 0 radical (unpaired) electrons. The molecule has 0 fully saturated rings. The van der Waals surface area contributed by atoms with Crippen molar-refractivity contribution in [1.29, 1.82) is 0 Å². The van der Waals surface area contributed by atoms with Gasteiger partial charge in [0.25, 0.3) is 0 Å². The topological polar surface area (TPSA) is 74.3 Å². The molecule has 0 aliphatic rings. The lowest BCUT2D eigenvalue weighted by atomic mass is 10.2. The number of amides is 2. The summed E-state index contributed by atoms with van der Waals surface area (Å²) in [4.78, 5) is 16.0. The molecular formula is C24H35N3O4. The normalized spacial score (nSPS) is 11.9. The number of urea groups is 1. The number of hydrogen-bond donors (Lipinski definition) is 2. The lowest BCUT2D eigenvalue weighted by Crippen LogP contribution is -2.39. The molecule has 0 spiro atoms. The van der Waals surface area contributed by atoms with E-state index in [0.29, 0.717) is 18.9 Å². The number of aliphatic hydroxyl groups excluding tert-OH is 1. The summed E-state index contributed by atoms with van der Waals surface area (Å²) in [6.07, 6.45) is -0.606. The van der Waals surface area contributed by atoms with E-state index in [1.807, 2.05) is 63.4 Å². The number of anilines is 2. The molecule has 0 aromatic heterocycles. The maximum atomic E-state index is 12.4. The van der Waals surface area contributed by atoms with E-state index in [0.717, 1.165) is 12.2 Å². The summed E-state index contributed by atoms with van der Waals surface area (Å²) in [6.45, 7) is 5.94. The van der Waals surface area contributed by atoms with Gasteiger partial charge >= 0.3 is 6.03 Å². The lowest BCUT2D eigenvalue weighted by molar-refractivity contribution is -0.0144. The zero-order valence-electron chi connectivity index (χ0n) is 19.0. The van der Waals surface area contributed by atoms with Gasteiger partial charge in [0.15, 0.2) is 0 Å². The number of likely N-dealkylation sites (N-methyl/N-ethyl adjacent to an activating group) is 1. The molecule has 7 nitrogen and oxygen atoms in total. The maximum absolute atomic E-state index is 12.4. The van der Waals surface area contributed by atoms with Crippen LogP contribution < -0.4 is 10.2 Å². The van der Waals surface area contributed by atoms with Crippen molar-refractivity contribution in [3.63, 3.8) is 0 Å². The first-order chi connectivity index (χ1) is 14.8. The van der Waals surface area contributed by atoms with Crippen LogP contribution in [0.15, 0.2) is 54.6 Å². The molecule has 0 aliphatic heterocycles. The standard InChI is InChI=1S/C24H35N3O4/c1-19(2)31-15-14-30-18-23(28)17-27(4)24(29)25-21-10-12-22(13-11-21)26(3)16-20-8-6-5-7-9-20/h5-13,19,23,28H,14-18H2,1-4H3,(H,25,29). The van der Waals surface area contributed by atoms with Crippen LogP contribution in [0.5, 0.6) is 0 Å². The molecule has 2 amide bonds. The van der Waals surface area contributed by atoms with Crippen LogP contribution in [0.2, 0.25) is 0 Å². The Bertz CT molecular complexity index is 768. The van der Waals surface area contributed by atoms with Crippen LogP contribution in [-0.4, -0.2) is 68.7 Å². The molecule has 2 aromatic rings. The number of ether oxygens (including phenoxy) is 2. The second kappa shape index (κ2) is 12.9. The Hall–Kier alpha value is -2.61. The molecule has 31 heavy (non-hydrogen) atoms. The van der Waals surface area contributed by atoms with Crippen molar-refractivity contribution in [1.82, 2.24) is 4.90 Å². The highest BCUT2D eigenvalue weighted by molar-refractivity contribution is 5.89. The predicted molar refractivity (Wildman–Crippen MR) is 125 cm³/mol. The van der Waals surface area contributed by atoms with Crippen LogP contribution in [0.1, 0.15) is 19.4 Å². The minimum Gasteiger partial charge on any atom is -0.389 e. The zero-order valence-corrected chi connectivity index (χ0v) is 19.0. The third-order valence-electron chi connectivity index (χ3n) is 4.64. The summed E-state index contributed by atoms with van der Waals surface area (Å²) in [7, 11) is 3.68. The van der Waals surface area contributed by atoms with Crippen molar-refractivity contribution >= 4 is 17.4 Å². The van der Waals surface area contributed by atoms with Crippen LogP contribution in [0.4, 0.5) is 16.2 Å². The number of rotatable bonds is 12. The van der Waals surface area contributed by atoms with Gasteiger partial charge in [0.1, 0.15) is 0 Å². The average Bonchev–Trinajstić information content (AvgIpc) is 2.74. The first-order valence-corrected chi connectivity index (χ1v) is 10.6. The highest BCUT2D eigenvalue weighted by atomic mass is 16.5. The third-order valence-corrected chi connectivity index (χ3v) is 4.64. The van der Waals surface area contributed by atoms with Gasteiger partial charge in [-0.05, 0) is 43.7 Å². The van der Waals surface area contributed by atoms with Crippen molar-refractivity contribution in [2.45, 2.75) is 32.6 Å². The van der Waals surface area contributed by atoms with Gasteiger partial charge in [0.2, 0.25) is 0 Å². The van der Waals surface area contributed by atoms with Crippen molar-refractivity contribution in [2.24, 2.45) is 0 Å². The molecule has 2 aromatic carbocycles. The highest BCUT2D eigenvalue weighted by Gasteiger charge is 2.14. The smallest absolute Gasteiger partial charge is 0.321 e. The number of carbonyl (C=O) groups excluding carboxylic acids is 1. The molecule has 1 atom stereocenters. The first kappa shape index (κ1) is 24.7. The molecule has 0 bridgehead atoms. The second-order valence-corrected chi connectivity index (χ2v) is 7.85. The molecule has 2 rings (SSSR count). The molecule has 0 saturated heterocycles. The Morgan fingerprint density at radius 1 is 1.03 bits per heavy atom. The Morgan fingerprint density at radius 3 is 2.35 bits per heavy atom. The second-order valence-electron chi connectivity index (χ2n) is 7.85. The summed E-state index contributed by atoms with van der Waals surface area (Å²) in [5.74, 6) is 0. The van der Waals surface area contributed by atoms with Crippen molar-refractivity contribution < 1.29 is 19.4 Å². The van der Waals surface area contributed by atoms with Gasteiger partial charge in [-0.2, -0.15) is 0 Å². The van der Waals surface area contributed by atoms with Gasteiger partial charge in [-0.3, -0.25) is 0 Å². The summed E-state index contributed by atoms with van der Waals surface area (Å²) in [6, 6.07) is 17.7. The summed E-state index contributed by atoms with van der Waals surface area (Å²) in [5, 5.41) is 12.9. The summed E-state index contributed by atoms with van der Waals surface area (Å²) < 4.78 is 10.8. The Morgan fingerprint density at radius 2 is 1.71 bits per heavy atom. The van der Waals surface area contributed by atoms with Crippen molar-refractivity contribution in [3.8, 4) is 0 Å². The molecule has 0 heterocycles. The van der Waals surface area contributed by atoms with Gasteiger partial charge in [-0.25, -0.2) is 4.79 Å². The van der Waals surface area contributed by atoms with E-state index < -0.39 is 6.10 Å². The summed E-state index contributed by atoms with van der Waals surface area (Å²) in [5.41, 5.74) is 2.99. The van der Waals surface area contributed by atoms with Gasteiger partial charge in [-0.15, -0.1) is 0 Å². The van der Waals surface area contributed by atoms with E-state index >= 15 is 0 Å². The van der Waals surface area contributed by atoms with Gasteiger partial charge in [-0.1, -0.05) is 30.3 Å². The average molecular weight is 430 g/mol. The third kappa shape index (κ3) is 9.38. The fourth-order valence-electron chi connectivity index (χ4n) is 2.98. The van der Waals surface area contributed by atoms with Crippen molar-refractivity contribution in [2.75, 3.05) is 50.7 Å². The SMILES string of the molecule is CC(C)OCCOCC(O)CN(C)C(=O)Nc1ccc(N(C)Cc2ccccc2)cc1. The molecule has 0 saturated carbocycles. The van der Waals surface area contributed by atoms with Gasteiger partial charge < -0.3 is 29.7 Å². The minimum absolute atomic E-state index is 0.154. The van der Waals surface area contributed by atoms with Crippen LogP contribution in [-0.2, 0) is 16.0 Å². The number of nitrogens with one attached hydrogen (secondary N) is 1. The fourth-order valence-corrected chi connectivity index (χ4v) is 2.98. The first-order valence-electron chi connectivity index (χ1n) is 10.6. The Kier molecular flexibility index (Phi) is 10.3. The van der Waals surface area contributed by atoms with E-state index in [-0.39, 0.29) is 25.3 Å². The number of hydrogen-bond acceptors (Lipinski definition) is 5. The highest BCUT2D eigenvalue weighted by Crippen LogP contribution is 2.19. The van der Waals surface area contributed by atoms with Gasteiger partial charge in [0.05, 0.1) is 38.6 Å². The van der Waals surface area contributed by atoms with E-state index in [1.165, 1.54) is 10.5 Å². The fraction of sp³-hybridized carbons (Fsp3) is 0.458. The summed E-state index contributed by atoms with van der Waals surface area (Å²) >= 11 is 0. The molecule has 0 aliphatic carbocycles. The van der Waals surface area contributed by atoms with E-state index in [4.69, 9.17) is 9.47 Å². The maximum Gasteiger partial charge on any atom is 0.321 e. The quantitative estimate of drug-likeness (QED) is 0.505. The zero-order chi connectivity index (χ0) is 22.6. The van der Waals surface area contributed by atoms with Crippen LogP contribution >= 0.6 is 0 Å². The lowest BCUT2D eigenvalue weighted by Gasteiger charge is -2.22. The molecule has 1 unspecified atom stereocenters. The van der Waals surface area contributed by atoms with E-state index in [1.54, 1.807) is 7.05 Å². The molecule has 170 valence electrons. The van der Waals surface area contributed by atoms with E-state index in [2.05, 4.69) is 22.3 Å². The van der Waals surface area contributed by atoms with Crippen LogP contribution in [0.3, 0.4) is 0 Å². The molecule has 7 heteroatoms. The molecule has 2 N–H and O–H groups in total. The molecular weight excluding hydrogens is 394 g/mol. The largest absolute Gasteiger partial charge is 0.389 e. The van der Waals surface area contributed by atoms with Gasteiger partial charge in [0, 0.05) is 32.0 Å². The number of nitrogens with zero attached hydrogens (tertiary/aromatic N) is 2. The number of benzene rings is 2. The van der Waals surface area contributed by atoms with Crippen molar-refractivity contribution in [3.05, 3.63) is 60.2 Å². The predicted octanol–water partition coefficient (Wildman–Crippen LogP) is 3.59. The van der Waals surface area contributed by atoms with E-state index in [9.17, 15) is 9.90 Å². The monoisotopic (exact) mass is 429 g/mol. The number of aliphatic hydroxyl groups is 1. The number of carbonyl (C=O) groups is 1. The minimum atomic E-state index is -0.760. The van der Waals surface area contributed by atoms with Crippen LogP contribution in [0.25, 0.3) is 0 Å². The van der Waals surface area contributed by atoms with Crippen LogP contribution in [0, 0.1) is 0 Å².